The van der Waals surface area contributed by atoms with Crippen LogP contribution in [0.15, 0.2) is 71.0 Å². The summed E-state index contributed by atoms with van der Waals surface area (Å²) in [5.74, 6) is 0. The normalized spacial score (nSPS) is 12.5. The number of rotatable bonds is 13. The SMILES string of the molecule is CC(C)=CCC/C(C)=C/CC/C(C)=C/CC/C(C)=C/CNC(=O)NCc1ccccn1. The lowest BCUT2D eigenvalue weighted by molar-refractivity contribution is 0.241. The van der Waals surface area contributed by atoms with E-state index in [1.807, 2.05) is 18.2 Å². The maximum Gasteiger partial charge on any atom is 0.315 e. The van der Waals surface area contributed by atoms with Crippen LogP contribution in [0.3, 0.4) is 0 Å². The van der Waals surface area contributed by atoms with Gasteiger partial charge in [0.1, 0.15) is 0 Å². The van der Waals surface area contributed by atoms with Gasteiger partial charge >= 0.3 is 6.03 Å². The average Bonchev–Trinajstić information content (AvgIpc) is 2.72. The lowest BCUT2D eigenvalue weighted by atomic mass is 10.0. The van der Waals surface area contributed by atoms with Gasteiger partial charge in [-0.05, 0) is 85.3 Å². The summed E-state index contributed by atoms with van der Waals surface area (Å²) in [4.78, 5) is 16.0. The third-order valence-corrected chi connectivity index (χ3v) is 5.02. The highest BCUT2D eigenvalue weighted by atomic mass is 16.2. The van der Waals surface area contributed by atoms with E-state index in [0.29, 0.717) is 13.1 Å². The summed E-state index contributed by atoms with van der Waals surface area (Å²) in [7, 11) is 0. The van der Waals surface area contributed by atoms with E-state index in [2.05, 4.69) is 74.5 Å². The van der Waals surface area contributed by atoms with E-state index < -0.39 is 0 Å². The number of allylic oxidation sites excluding steroid dienone is 7. The van der Waals surface area contributed by atoms with Gasteiger partial charge in [-0.2, -0.15) is 0 Å². The molecular weight excluding hydrogens is 382 g/mol. The Hall–Kier alpha value is -2.62. The Morgan fingerprint density at radius 3 is 1.94 bits per heavy atom. The third kappa shape index (κ3) is 14.9. The minimum atomic E-state index is -0.172. The van der Waals surface area contributed by atoms with Crippen molar-refractivity contribution in [1.82, 2.24) is 15.6 Å². The summed E-state index contributed by atoms with van der Waals surface area (Å²) in [6.07, 6.45) is 17.5. The Balaban J connectivity index is 2.18. The molecular formula is C27H41N3O. The van der Waals surface area contributed by atoms with E-state index in [9.17, 15) is 4.79 Å². The molecule has 1 heterocycles. The van der Waals surface area contributed by atoms with Gasteiger partial charge < -0.3 is 10.6 Å². The molecule has 0 atom stereocenters. The molecule has 0 aliphatic carbocycles. The van der Waals surface area contributed by atoms with Gasteiger partial charge in [0.15, 0.2) is 0 Å². The van der Waals surface area contributed by atoms with Gasteiger partial charge in [-0.3, -0.25) is 4.98 Å². The number of urea groups is 1. The average molecular weight is 424 g/mol. The summed E-state index contributed by atoms with van der Waals surface area (Å²) in [6.45, 7) is 11.9. The Bertz CT molecular complexity index is 769. The predicted molar refractivity (Wildman–Crippen MR) is 133 cm³/mol. The van der Waals surface area contributed by atoms with Gasteiger partial charge in [0, 0.05) is 12.7 Å². The molecule has 1 rings (SSSR count). The fraction of sp³-hybridized carbons (Fsp3) is 0.481. The van der Waals surface area contributed by atoms with Crippen molar-refractivity contribution < 1.29 is 4.79 Å². The molecule has 31 heavy (non-hydrogen) atoms. The maximum absolute atomic E-state index is 11.8. The second-order valence-corrected chi connectivity index (χ2v) is 8.43. The van der Waals surface area contributed by atoms with E-state index in [1.54, 1.807) is 6.20 Å². The quantitative estimate of drug-likeness (QED) is 0.335. The molecule has 0 bridgehead atoms. The van der Waals surface area contributed by atoms with Crippen LogP contribution in [-0.2, 0) is 6.54 Å². The smallest absolute Gasteiger partial charge is 0.315 e. The summed E-state index contributed by atoms with van der Waals surface area (Å²) < 4.78 is 0. The van der Waals surface area contributed by atoms with E-state index in [0.717, 1.165) is 44.2 Å². The van der Waals surface area contributed by atoms with Crippen LogP contribution in [0.4, 0.5) is 4.79 Å². The van der Waals surface area contributed by atoms with Crippen LogP contribution >= 0.6 is 0 Å². The Kier molecular flexibility index (Phi) is 13.7. The van der Waals surface area contributed by atoms with E-state index in [1.165, 1.54) is 22.3 Å². The number of amides is 2. The van der Waals surface area contributed by atoms with Crippen LogP contribution < -0.4 is 10.6 Å². The Labute approximate surface area is 189 Å². The van der Waals surface area contributed by atoms with Gasteiger partial charge in [0.05, 0.1) is 12.2 Å². The molecule has 0 unspecified atom stereocenters. The highest BCUT2D eigenvalue weighted by Crippen LogP contribution is 2.13. The van der Waals surface area contributed by atoms with E-state index in [-0.39, 0.29) is 6.03 Å². The van der Waals surface area contributed by atoms with E-state index >= 15 is 0 Å². The van der Waals surface area contributed by atoms with Crippen molar-refractivity contribution in [3.8, 4) is 0 Å². The zero-order chi connectivity index (χ0) is 22.9. The highest BCUT2D eigenvalue weighted by molar-refractivity contribution is 5.73. The van der Waals surface area contributed by atoms with Crippen LogP contribution in [0, 0.1) is 0 Å². The number of carbonyl (C=O) groups excluding carboxylic acids is 1. The molecule has 0 aromatic carbocycles. The number of pyridine rings is 1. The molecule has 2 amide bonds. The van der Waals surface area contributed by atoms with Gasteiger partial charge in [-0.1, -0.05) is 52.7 Å². The lowest BCUT2D eigenvalue weighted by Crippen LogP contribution is -2.35. The largest absolute Gasteiger partial charge is 0.335 e. The molecule has 4 nitrogen and oxygen atoms in total. The fourth-order valence-electron chi connectivity index (χ4n) is 3.04. The number of nitrogens with zero attached hydrogens (tertiary/aromatic N) is 1. The first-order chi connectivity index (χ1) is 14.9. The first kappa shape index (κ1) is 26.4. The molecule has 0 spiro atoms. The fourth-order valence-corrected chi connectivity index (χ4v) is 3.04. The molecule has 170 valence electrons. The van der Waals surface area contributed by atoms with Gasteiger partial charge in [-0.25, -0.2) is 4.79 Å². The second kappa shape index (κ2) is 16.1. The van der Waals surface area contributed by atoms with Crippen molar-refractivity contribution >= 4 is 6.03 Å². The molecule has 4 heteroatoms. The van der Waals surface area contributed by atoms with Gasteiger partial charge in [-0.15, -0.1) is 0 Å². The predicted octanol–water partition coefficient (Wildman–Crippen LogP) is 7.03. The van der Waals surface area contributed by atoms with Crippen molar-refractivity contribution in [2.45, 2.75) is 79.7 Å². The molecule has 0 radical (unpaired) electrons. The van der Waals surface area contributed by atoms with Crippen LogP contribution in [-0.4, -0.2) is 17.6 Å². The number of hydrogen-bond acceptors (Lipinski definition) is 2. The zero-order valence-electron chi connectivity index (χ0n) is 20.1. The van der Waals surface area contributed by atoms with Crippen LogP contribution in [0.5, 0.6) is 0 Å². The minimum Gasteiger partial charge on any atom is -0.335 e. The summed E-state index contributed by atoms with van der Waals surface area (Å²) in [6, 6.07) is 5.49. The number of nitrogens with one attached hydrogen (secondary N) is 2. The molecule has 0 aliphatic rings. The first-order valence-corrected chi connectivity index (χ1v) is 11.4. The first-order valence-electron chi connectivity index (χ1n) is 11.4. The number of aromatic nitrogens is 1. The van der Waals surface area contributed by atoms with Crippen molar-refractivity contribution in [3.05, 3.63) is 76.7 Å². The van der Waals surface area contributed by atoms with Crippen molar-refractivity contribution in [2.24, 2.45) is 0 Å². The standard InChI is InChI=1S/C27H41N3O/c1-22(2)11-8-12-23(3)13-9-14-24(4)15-10-16-25(5)18-20-29-27(31)30-21-26-17-6-7-19-28-26/h6-7,11,13,15,17-19H,8-10,12,14,16,20-21H2,1-5H3,(H2,29,30,31)/b23-13+,24-15+,25-18+. The van der Waals surface area contributed by atoms with Crippen LogP contribution in [0.25, 0.3) is 0 Å². The molecule has 2 N–H and O–H groups in total. The second-order valence-electron chi connectivity index (χ2n) is 8.43. The number of hydrogen-bond donors (Lipinski definition) is 2. The minimum absolute atomic E-state index is 0.172. The van der Waals surface area contributed by atoms with Gasteiger partial charge in [0.25, 0.3) is 0 Å². The monoisotopic (exact) mass is 423 g/mol. The van der Waals surface area contributed by atoms with Crippen molar-refractivity contribution in [2.75, 3.05) is 6.54 Å². The highest BCUT2D eigenvalue weighted by Gasteiger charge is 1.99. The summed E-state index contributed by atoms with van der Waals surface area (Å²) in [5.41, 5.74) is 6.48. The maximum atomic E-state index is 11.8. The summed E-state index contributed by atoms with van der Waals surface area (Å²) >= 11 is 0. The van der Waals surface area contributed by atoms with Crippen LogP contribution in [0.1, 0.15) is 78.8 Å². The van der Waals surface area contributed by atoms with Crippen molar-refractivity contribution in [3.63, 3.8) is 0 Å². The molecule has 0 saturated carbocycles. The Morgan fingerprint density at radius 1 is 0.806 bits per heavy atom. The molecule has 0 fully saturated rings. The molecule has 0 aliphatic heterocycles. The Morgan fingerprint density at radius 2 is 1.39 bits per heavy atom. The van der Waals surface area contributed by atoms with Crippen molar-refractivity contribution in [1.29, 1.82) is 0 Å². The van der Waals surface area contributed by atoms with Crippen LogP contribution in [0.2, 0.25) is 0 Å². The molecule has 1 aromatic heterocycles. The topological polar surface area (TPSA) is 54.0 Å². The zero-order valence-corrected chi connectivity index (χ0v) is 20.1. The molecule has 1 aromatic rings. The van der Waals surface area contributed by atoms with E-state index in [4.69, 9.17) is 0 Å². The third-order valence-electron chi connectivity index (χ3n) is 5.02. The van der Waals surface area contributed by atoms with Gasteiger partial charge in [0.2, 0.25) is 0 Å². The lowest BCUT2D eigenvalue weighted by Gasteiger charge is -2.06. The molecule has 0 saturated heterocycles. The number of carbonyl (C=O) groups is 1. The summed E-state index contributed by atoms with van der Waals surface area (Å²) in [5, 5.41) is 5.68.